The van der Waals surface area contributed by atoms with Crippen molar-refractivity contribution in [2.45, 2.75) is 72.6 Å². The fourth-order valence-electron chi connectivity index (χ4n) is 5.82. The number of hydrogen-bond acceptors (Lipinski definition) is 5. The summed E-state index contributed by atoms with van der Waals surface area (Å²) < 4.78 is 29.6. The molecule has 4 rings (SSSR count). The number of carbonyl (C=O) groups is 2. The zero-order chi connectivity index (χ0) is 35.8. The van der Waals surface area contributed by atoms with Crippen LogP contribution in [0, 0.1) is 45.0 Å². The first-order chi connectivity index (χ1) is 22.5. The van der Waals surface area contributed by atoms with Gasteiger partial charge in [0, 0.05) is 55.6 Å². The van der Waals surface area contributed by atoms with E-state index in [1.54, 1.807) is 44.3 Å². The van der Waals surface area contributed by atoms with Crippen molar-refractivity contribution >= 4 is 23.5 Å². The molecule has 0 unspecified atom stereocenters. The van der Waals surface area contributed by atoms with Gasteiger partial charge in [-0.2, -0.15) is 0 Å². The minimum absolute atomic E-state index is 0.162. The predicted octanol–water partition coefficient (Wildman–Crippen LogP) is 6.44. The fourth-order valence-corrected chi connectivity index (χ4v) is 6.15. The summed E-state index contributed by atoms with van der Waals surface area (Å²) >= 11 is 6.09. The van der Waals surface area contributed by atoms with Gasteiger partial charge in [0.25, 0.3) is 11.5 Å². The summed E-state index contributed by atoms with van der Waals surface area (Å²) in [6.45, 7) is 13.7. The van der Waals surface area contributed by atoms with Crippen LogP contribution in [0.15, 0.2) is 47.4 Å². The van der Waals surface area contributed by atoms with Crippen LogP contribution in [0.5, 0.6) is 0 Å². The molecule has 258 valence electrons. The number of benzene rings is 2. The summed E-state index contributed by atoms with van der Waals surface area (Å²) in [4.78, 5) is 37.5. The van der Waals surface area contributed by atoms with Gasteiger partial charge in [-0.15, -0.1) is 0 Å². The summed E-state index contributed by atoms with van der Waals surface area (Å²) in [7, 11) is 0. The largest absolute Gasteiger partial charge is 0.481 e. The maximum absolute atomic E-state index is 14.7. The first-order valence-electron chi connectivity index (χ1n) is 15.9. The monoisotopic (exact) mass is 682 g/mol. The maximum atomic E-state index is 14.7. The molecule has 48 heavy (non-hydrogen) atoms. The second-order valence-corrected chi connectivity index (χ2v) is 13.5. The van der Waals surface area contributed by atoms with Crippen molar-refractivity contribution in [1.82, 2.24) is 20.1 Å². The average molecular weight is 683 g/mol. The Balaban J connectivity index is 0.000000261. The molecule has 0 aliphatic carbocycles. The topological polar surface area (TPSA) is 104 Å². The van der Waals surface area contributed by atoms with Crippen LogP contribution in [-0.4, -0.2) is 58.3 Å². The highest BCUT2D eigenvalue weighted by atomic mass is 35.5. The predicted molar refractivity (Wildman–Crippen MR) is 186 cm³/mol. The third kappa shape index (κ3) is 10.4. The fraction of sp³-hybridized carbons (Fsp3) is 0.432. The number of aliphatic carboxylic acids is 1. The first kappa shape index (κ1) is 38.2. The van der Waals surface area contributed by atoms with E-state index in [2.05, 4.69) is 30.5 Å². The lowest BCUT2D eigenvalue weighted by atomic mass is 9.90. The summed E-state index contributed by atoms with van der Waals surface area (Å²) in [6.07, 6.45) is 7.48. The van der Waals surface area contributed by atoms with Gasteiger partial charge in [-0.1, -0.05) is 31.9 Å². The van der Waals surface area contributed by atoms with E-state index in [1.165, 1.54) is 4.57 Å². The van der Waals surface area contributed by atoms with Crippen molar-refractivity contribution in [3.8, 4) is 23.6 Å². The Bertz CT molecular complexity index is 1700. The maximum Gasteiger partial charge on any atom is 0.305 e. The van der Waals surface area contributed by atoms with Gasteiger partial charge >= 0.3 is 5.97 Å². The van der Waals surface area contributed by atoms with Gasteiger partial charge < -0.3 is 20.3 Å². The highest BCUT2D eigenvalue weighted by Gasteiger charge is 2.38. The molecule has 0 bridgehead atoms. The van der Waals surface area contributed by atoms with Crippen LogP contribution in [0.25, 0.3) is 11.1 Å². The standard InChI is InChI=1S/C20H19ClFNO2.C17H26FN3O2/c1-5-23-17(10-18(24)25)16-9-14(6-13(4)20(16)22)19-11(2)7-15(21)8-12(19)3;1-13(2)6-7-19-15(22)14-5-4-8-21(16(14)23)10-9-20-11-17(3,18)12-20/h1,6-9,17,23H,10H2,2-4H3,(H,24,25);4-5,8,13H,6-7,9-12H2,1-3H3,(H,19,22)/t17-;/m0./s1. The van der Waals surface area contributed by atoms with Crippen molar-refractivity contribution in [1.29, 1.82) is 0 Å². The molecular weight excluding hydrogens is 638 g/mol. The van der Waals surface area contributed by atoms with Crippen molar-refractivity contribution in [3.05, 3.63) is 91.6 Å². The molecule has 2 heterocycles. The highest BCUT2D eigenvalue weighted by Crippen LogP contribution is 2.34. The molecule has 0 saturated carbocycles. The zero-order valence-corrected chi connectivity index (χ0v) is 29.2. The molecule has 1 fully saturated rings. The van der Waals surface area contributed by atoms with Crippen molar-refractivity contribution < 1.29 is 23.5 Å². The number of nitrogens with zero attached hydrogens (tertiary/aromatic N) is 2. The third-order valence-electron chi connectivity index (χ3n) is 8.12. The minimum atomic E-state index is -1.11. The number of alkyl halides is 1. The zero-order valence-electron chi connectivity index (χ0n) is 28.4. The van der Waals surface area contributed by atoms with Gasteiger partial charge in [0.1, 0.15) is 17.0 Å². The van der Waals surface area contributed by atoms with Crippen LogP contribution >= 0.6 is 11.6 Å². The van der Waals surface area contributed by atoms with E-state index in [-0.39, 0.29) is 29.0 Å². The summed E-state index contributed by atoms with van der Waals surface area (Å²) in [5.74, 6) is -1.35. The molecule has 0 radical (unpaired) electrons. The molecule has 1 aliphatic rings. The van der Waals surface area contributed by atoms with Gasteiger partial charge in [0.15, 0.2) is 0 Å². The molecule has 1 aromatic heterocycles. The van der Waals surface area contributed by atoms with Crippen molar-refractivity contribution in [2.24, 2.45) is 5.92 Å². The number of halogens is 3. The molecule has 0 spiro atoms. The van der Waals surface area contributed by atoms with Gasteiger partial charge in [-0.3, -0.25) is 19.3 Å². The molecule has 8 nitrogen and oxygen atoms in total. The van der Waals surface area contributed by atoms with E-state index in [0.717, 1.165) is 28.7 Å². The number of amides is 1. The van der Waals surface area contributed by atoms with E-state index >= 15 is 0 Å². The number of hydrogen-bond donors (Lipinski definition) is 3. The average Bonchev–Trinajstić information content (AvgIpc) is 2.96. The van der Waals surface area contributed by atoms with E-state index in [9.17, 15) is 23.2 Å². The summed E-state index contributed by atoms with van der Waals surface area (Å²) in [5.41, 5.74) is 3.10. The van der Waals surface area contributed by atoms with Gasteiger partial charge in [-0.25, -0.2) is 8.78 Å². The number of pyridine rings is 1. The lowest BCUT2D eigenvalue weighted by molar-refractivity contribution is -0.137. The Labute approximate surface area is 286 Å². The highest BCUT2D eigenvalue weighted by molar-refractivity contribution is 6.30. The molecule has 11 heteroatoms. The molecule has 1 atom stereocenters. The van der Waals surface area contributed by atoms with Crippen molar-refractivity contribution in [2.75, 3.05) is 26.2 Å². The Morgan fingerprint density at radius 2 is 1.75 bits per heavy atom. The van der Waals surface area contributed by atoms with Crippen LogP contribution in [0.2, 0.25) is 5.02 Å². The second-order valence-electron chi connectivity index (χ2n) is 13.0. The van der Waals surface area contributed by atoms with E-state index < -0.39 is 23.5 Å². The number of aromatic nitrogens is 1. The Hall–Kier alpha value is -4.20. The quantitative estimate of drug-likeness (QED) is 0.150. The van der Waals surface area contributed by atoms with Crippen LogP contribution in [0.4, 0.5) is 8.78 Å². The van der Waals surface area contributed by atoms with Crippen LogP contribution in [0.3, 0.4) is 0 Å². The van der Waals surface area contributed by atoms with Crippen LogP contribution < -0.4 is 16.2 Å². The molecular formula is C37H45ClF2N4O4. The van der Waals surface area contributed by atoms with Gasteiger partial charge in [0.05, 0.1) is 12.5 Å². The molecule has 1 aliphatic heterocycles. The lowest BCUT2D eigenvalue weighted by Crippen LogP contribution is -2.57. The number of nitrogens with one attached hydrogen (secondary N) is 2. The van der Waals surface area contributed by atoms with E-state index in [1.807, 2.05) is 30.9 Å². The number of terminal acetylenes is 1. The minimum Gasteiger partial charge on any atom is -0.481 e. The summed E-state index contributed by atoms with van der Waals surface area (Å²) in [6, 6.07) is 11.7. The number of carbonyl (C=O) groups excluding carboxylic acids is 1. The summed E-state index contributed by atoms with van der Waals surface area (Å²) in [5, 5.41) is 15.1. The van der Waals surface area contributed by atoms with Crippen LogP contribution in [0.1, 0.15) is 72.3 Å². The molecule has 1 amide bonds. The second kappa shape index (κ2) is 16.8. The Kier molecular flexibility index (Phi) is 13.4. The van der Waals surface area contributed by atoms with Gasteiger partial charge in [-0.05, 0) is 104 Å². The molecule has 3 N–H and O–H groups in total. The Morgan fingerprint density at radius 3 is 2.31 bits per heavy atom. The van der Waals surface area contributed by atoms with Gasteiger partial charge in [0.2, 0.25) is 0 Å². The molecule has 3 aromatic rings. The SMILES string of the molecule is C#CN[C@@H](CC(=O)O)c1cc(-c2c(C)cc(Cl)cc2C)cc(C)c1F.CC(C)CCNC(=O)c1cccn(CCN2CC(C)(F)C2)c1=O. The van der Waals surface area contributed by atoms with E-state index in [0.29, 0.717) is 49.2 Å². The number of likely N-dealkylation sites (tertiary alicyclic amines) is 1. The number of aryl methyl sites for hydroxylation is 3. The van der Waals surface area contributed by atoms with Crippen LogP contribution in [-0.2, 0) is 11.3 Å². The van der Waals surface area contributed by atoms with Crippen molar-refractivity contribution in [3.63, 3.8) is 0 Å². The number of carboxylic acid groups (broad SMARTS) is 1. The van der Waals surface area contributed by atoms with E-state index in [4.69, 9.17) is 23.1 Å². The molecule has 1 saturated heterocycles. The smallest absolute Gasteiger partial charge is 0.305 e. The third-order valence-corrected chi connectivity index (χ3v) is 8.33. The lowest BCUT2D eigenvalue weighted by Gasteiger charge is -2.42. The first-order valence-corrected chi connectivity index (χ1v) is 16.3. The Morgan fingerprint density at radius 1 is 1.10 bits per heavy atom. The number of carboxylic acids is 1. The normalized spacial score (nSPS) is 14.3. The number of rotatable bonds is 12. The molecule has 2 aromatic carbocycles.